The van der Waals surface area contributed by atoms with E-state index in [2.05, 4.69) is 5.32 Å². The van der Waals surface area contributed by atoms with Crippen LogP contribution >= 0.6 is 12.2 Å². The van der Waals surface area contributed by atoms with Gasteiger partial charge in [0.25, 0.3) is 0 Å². The minimum Gasteiger partial charge on any atom is -0.456 e. The quantitative estimate of drug-likeness (QED) is 0.459. The van der Waals surface area contributed by atoms with Crippen LogP contribution in [-0.4, -0.2) is 39.7 Å². The van der Waals surface area contributed by atoms with Crippen molar-refractivity contribution in [3.05, 3.63) is 76.9 Å². The fraction of sp³-hybridized carbons (Fsp3) is 0.200. The molecule has 0 unspecified atom stereocenters. The van der Waals surface area contributed by atoms with Crippen LogP contribution in [0.15, 0.2) is 54.6 Å². The highest BCUT2D eigenvalue weighted by molar-refractivity contribution is 7.79. The van der Waals surface area contributed by atoms with Crippen LogP contribution in [-0.2, 0) is 10.3 Å². The minimum absolute atomic E-state index is 0.375. The second-order valence-electron chi connectivity index (χ2n) is 8.35. The van der Waals surface area contributed by atoms with Gasteiger partial charge in [0.2, 0.25) is 0 Å². The molecule has 6 nitrogen and oxygen atoms in total. The summed E-state index contributed by atoms with van der Waals surface area (Å²) in [6, 6.07) is 17.6. The number of rotatable bonds is 4. The van der Waals surface area contributed by atoms with Crippen molar-refractivity contribution in [2.45, 2.75) is 5.60 Å². The van der Waals surface area contributed by atoms with Crippen molar-refractivity contribution in [2.75, 3.05) is 43.3 Å². The van der Waals surface area contributed by atoms with Crippen molar-refractivity contribution < 1.29 is 14.3 Å². The first kappa shape index (κ1) is 20.3. The number of carbonyl (C=O) groups is 1. The van der Waals surface area contributed by atoms with Gasteiger partial charge >= 0.3 is 5.97 Å². The van der Waals surface area contributed by atoms with Crippen LogP contribution in [0.4, 0.5) is 17.1 Å². The van der Waals surface area contributed by atoms with Gasteiger partial charge in [-0.1, -0.05) is 18.3 Å². The lowest BCUT2D eigenvalue weighted by Gasteiger charge is -2.37. The maximum atomic E-state index is 13.1. The van der Waals surface area contributed by atoms with Crippen molar-refractivity contribution in [1.82, 2.24) is 0 Å². The molecule has 0 bridgehead atoms. The summed E-state index contributed by atoms with van der Waals surface area (Å²) in [5.74, 6) is 0.961. The van der Waals surface area contributed by atoms with E-state index in [9.17, 15) is 4.79 Å². The molecule has 2 heterocycles. The number of ether oxygens (including phenoxy) is 2. The maximum Gasteiger partial charge on any atom is 0.340 e. The second-order valence-corrected chi connectivity index (χ2v) is 8.58. The third-order valence-electron chi connectivity index (χ3n) is 6.03. The number of anilines is 3. The Bertz CT molecular complexity index is 1210. The van der Waals surface area contributed by atoms with E-state index in [1.807, 2.05) is 86.5 Å². The summed E-state index contributed by atoms with van der Waals surface area (Å²) in [5, 5.41) is 2.97. The van der Waals surface area contributed by atoms with Crippen LogP contribution in [0.5, 0.6) is 11.5 Å². The predicted octanol–water partition coefficient (Wildman–Crippen LogP) is 4.76. The smallest absolute Gasteiger partial charge is 0.340 e. The highest BCUT2D eigenvalue weighted by atomic mass is 32.1. The normalized spacial score (nSPS) is 14.6. The number of hydrogen-bond donors (Lipinski definition) is 1. The lowest BCUT2D eigenvalue weighted by Crippen LogP contribution is -2.33. The van der Waals surface area contributed by atoms with Crippen LogP contribution in [0.1, 0.15) is 27.0 Å². The fourth-order valence-corrected chi connectivity index (χ4v) is 4.56. The number of esters is 1. The van der Waals surface area contributed by atoms with E-state index in [4.69, 9.17) is 21.7 Å². The molecule has 0 amide bonds. The van der Waals surface area contributed by atoms with Gasteiger partial charge in [0.1, 0.15) is 11.5 Å². The molecule has 2 aliphatic heterocycles. The van der Waals surface area contributed by atoms with Gasteiger partial charge in [-0.25, -0.2) is 4.79 Å². The van der Waals surface area contributed by atoms with Crippen LogP contribution in [0.3, 0.4) is 0 Å². The van der Waals surface area contributed by atoms with Crippen molar-refractivity contribution in [1.29, 1.82) is 0 Å². The van der Waals surface area contributed by atoms with Crippen LogP contribution < -0.4 is 19.9 Å². The molecule has 0 radical (unpaired) electrons. The van der Waals surface area contributed by atoms with Gasteiger partial charge < -0.3 is 24.6 Å². The van der Waals surface area contributed by atoms with Gasteiger partial charge in [0.15, 0.2) is 5.60 Å². The standard InChI is InChI=1S/C25H23N3O3S/c1-27(2)16-6-9-20-22(12-16)30-23-13-17(28(3)4)7-10-21(23)25(20)19-8-5-15(26-14-32)11-18(19)24(29)31-25/h5-14H,1-4H3,(H,26,32). The predicted molar refractivity (Wildman–Crippen MR) is 131 cm³/mol. The van der Waals surface area contributed by atoms with E-state index < -0.39 is 5.60 Å². The van der Waals surface area contributed by atoms with Crippen LogP contribution in [0.2, 0.25) is 0 Å². The Kier molecular flexibility index (Phi) is 4.60. The number of thiocarbonyl (C=S) groups is 1. The average Bonchev–Trinajstić information content (AvgIpc) is 3.06. The molecule has 7 heteroatoms. The third-order valence-corrected chi connectivity index (χ3v) is 6.15. The molecule has 0 saturated heterocycles. The molecule has 1 N–H and O–H groups in total. The molecule has 1 spiro atoms. The summed E-state index contributed by atoms with van der Waals surface area (Å²) in [7, 11) is 7.92. The van der Waals surface area contributed by atoms with E-state index >= 15 is 0 Å². The van der Waals surface area contributed by atoms with Gasteiger partial charge in [-0.05, 0) is 36.4 Å². The molecule has 0 saturated carbocycles. The minimum atomic E-state index is -1.08. The maximum absolute atomic E-state index is 13.1. The Morgan fingerprint density at radius 1 is 0.844 bits per heavy atom. The first-order chi connectivity index (χ1) is 15.3. The molecule has 2 aliphatic rings. The highest BCUT2D eigenvalue weighted by Gasteiger charge is 2.53. The molecule has 0 atom stereocenters. The Morgan fingerprint density at radius 3 is 1.94 bits per heavy atom. The zero-order valence-electron chi connectivity index (χ0n) is 18.3. The van der Waals surface area contributed by atoms with Gasteiger partial charge in [-0.3, -0.25) is 0 Å². The third kappa shape index (κ3) is 2.85. The summed E-state index contributed by atoms with van der Waals surface area (Å²) < 4.78 is 12.6. The van der Waals surface area contributed by atoms with E-state index in [0.717, 1.165) is 33.8 Å². The van der Waals surface area contributed by atoms with Crippen LogP contribution in [0.25, 0.3) is 0 Å². The fourth-order valence-electron chi connectivity index (χ4n) is 4.42. The summed E-state index contributed by atoms with van der Waals surface area (Å²) in [5.41, 5.74) is 5.98. The second kappa shape index (κ2) is 7.24. The average molecular weight is 446 g/mol. The highest BCUT2D eigenvalue weighted by Crippen LogP contribution is 2.57. The van der Waals surface area contributed by atoms with Crippen molar-refractivity contribution in [3.63, 3.8) is 0 Å². The lowest BCUT2D eigenvalue weighted by molar-refractivity contribution is 0.0224. The van der Waals surface area contributed by atoms with E-state index in [1.165, 1.54) is 5.49 Å². The zero-order valence-corrected chi connectivity index (χ0v) is 19.1. The molecular weight excluding hydrogens is 422 g/mol. The monoisotopic (exact) mass is 445 g/mol. The summed E-state index contributed by atoms with van der Waals surface area (Å²) >= 11 is 4.90. The number of carbonyl (C=O) groups excluding carboxylic acids is 1. The van der Waals surface area contributed by atoms with E-state index in [0.29, 0.717) is 17.1 Å². The number of nitrogens with zero attached hydrogens (tertiary/aromatic N) is 2. The SMILES string of the molecule is CN(C)c1ccc2c(c1)Oc1cc(N(C)C)ccc1C21OC(=O)c2cc(NC=S)ccc21. The topological polar surface area (TPSA) is 54.0 Å². The molecule has 32 heavy (non-hydrogen) atoms. The Balaban J connectivity index is 1.80. The van der Waals surface area contributed by atoms with E-state index in [-0.39, 0.29) is 5.97 Å². The molecule has 0 aromatic heterocycles. The van der Waals surface area contributed by atoms with Gasteiger partial charge in [-0.15, -0.1) is 0 Å². The van der Waals surface area contributed by atoms with Gasteiger partial charge in [0.05, 0.1) is 11.1 Å². The lowest BCUT2D eigenvalue weighted by atomic mass is 9.77. The number of benzene rings is 3. The van der Waals surface area contributed by atoms with Crippen molar-refractivity contribution in [2.24, 2.45) is 0 Å². The van der Waals surface area contributed by atoms with E-state index in [1.54, 1.807) is 6.07 Å². The first-order valence-electron chi connectivity index (χ1n) is 10.2. The van der Waals surface area contributed by atoms with Gasteiger partial charge in [-0.2, -0.15) is 0 Å². The molecule has 5 rings (SSSR count). The largest absolute Gasteiger partial charge is 0.456 e. The number of fused-ring (bicyclic) bond motifs is 6. The number of hydrogen-bond acceptors (Lipinski definition) is 6. The molecule has 0 aliphatic carbocycles. The Hall–Kier alpha value is -3.58. The Labute approximate surface area is 192 Å². The summed E-state index contributed by atoms with van der Waals surface area (Å²) in [4.78, 5) is 17.1. The van der Waals surface area contributed by atoms with Crippen LogP contribution in [0, 0.1) is 0 Å². The molecule has 3 aromatic rings. The number of nitrogens with one attached hydrogen (secondary N) is 1. The molecule has 0 fully saturated rings. The Morgan fingerprint density at radius 2 is 1.41 bits per heavy atom. The first-order valence-corrected chi connectivity index (χ1v) is 10.7. The molecule has 162 valence electrons. The molecule has 3 aromatic carbocycles. The summed E-state index contributed by atoms with van der Waals surface area (Å²) in [6.07, 6.45) is 0. The summed E-state index contributed by atoms with van der Waals surface area (Å²) in [6.45, 7) is 0. The molecular formula is C25H23N3O3S. The van der Waals surface area contributed by atoms with Crippen molar-refractivity contribution >= 4 is 40.7 Å². The van der Waals surface area contributed by atoms with Gasteiger partial charge in [0, 0.05) is 74.1 Å². The zero-order chi connectivity index (χ0) is 22.6. The van der Waals surface area contributed by atoms with Crippen molar-refractivity contribution in [3.8, 4) is 11.5 Å².